The van der Waals surface area contributed by atoms with Crippen molar-refractivity contribution in [2.75, 3.05) is 5.32 Å². The van der Waals surface area contributed by atoms with E-state index in [9.17, 15) is 0 Å². The first-order valence-corrected chi connectivity index (χ1v) is 6.12. The highest BCUT2D eigenvalue weighted by Gasteiger charge is 2.09. The number of aromatic nitrogens is 2. The summed E-state index contributed by atoms with van der Waals surface area (Å²) in [6.45, 7) is 0. The van der Waals surface area contributed by atoms with Crippen LogP contribution in [0.2, 0.25) is 0 Å². The molecule has 4 nitrogen and oxygen atoms in total. The van der Waals surface area contributed by atoms with Gasteiger partial charge >= 0.3 is 0 Å². The molecule has 1 aromatic heterocycles. The molecule has 3 N–H and O–H groups in total. The fraction of sp³-hybridized carbons (Fsp3) is 0.0909. The fourth-order valence-corrected chi connectivity index (χ4v) is 2.32. The van der Waals surface area contributed by atoms with Gasteiger partial charge in [-0.15, -0.1) is 0 Å². The standard InChI is InChI=1S/C11H11BrN4S/c1-16-10(9(12)6-14-16)7-3-2-4-8(5-7)15-11(13)17/h2-6H,1H3,(H3,13,15,17). The molecular formula is C11H11BrN4S. The van der Waals surface area contributed by atoms with Gasteiger partial charge in [-0.2, -0.15) is 5.10 Å². The molecule has 0 aliphatic carbocycles. The first-order valence-electron chi connectivity index (χ1n) is 4.92. The maximum Gasteiger partial charge on any atom is 0.168 e. The van der Waals surface area contributed by atoms with E-state index in [1.807, 2.05) is 36.0 Å². The van der Waals surface area contributed by atoms with Gasteiger partial charge in [0.25, 0.3) is 0 Å². The molecule has 0 bridgehead atoms. The quantitative estimate of drug-likeness (QED) is 0.837. The molecule has 0 aliphatic heterocycles. The van der Waals surface area contributed by atoms with Crippen LogP contribution in [0.5, 0.6) is 0 Å². The van der Waals surface area contributed by atoms with E-state index in [-0.39, 0.29) is 5.11 Å². The largest absolute Gasteiger partial charge is 0.376 e. The van der Waals surface area contributed by atoms with Crippen molar-refractivity contribution < 1.29 is 0 Å². The molecule has 6 heteroatoms. The Morgan fingerprint density at radius 3 is 2.88 bits per heavy atom. The minimum Gasteiger partial charge on any atom is -0.376 e. The van der Waals surface area contributed by atoms with Crippen molar-refractivity contribution in [1.82, 2.24) is 9.78 Å². The zero-order valence-electron chi connectivity index (χ0n) is 9.14. The zero-order chi connectivity index (χ0) is 12.4. The van der Waals surface area contributed by atoms with Gasteiger partial charge in [-0.3, -0.25) is 4.68 Å². The molecule has 0 amide bonds. The lowest BCUT2D eigenvalue weighted by Crippen LogP contribution is -2.18. The predicted octanol–water partition coefficient (Wildman–Crippen LogP) is 2.51. The highest BCUT2D eigenvalue weighted by molar-refractivity contribution is 9.10. The van der Waals surface area contributed by atoms with Crippen LogP contribution in [0.15, 0.2) is 34.9 Å². The topological polar surface area (TPSA) is 55.9 Å². The number of hydrogen-bond donors (Lipinski definition) is 2. The summed E-state index contributed by atoms with van der Waals surface area (Å²) in [6.07, 6.45) is 1.77. The van der Waals surface area contributed by atoms with E-state index in [1.54, 1.807) is 6.20 Å². The summed E-state index contributed by atoms with van der Waals surface area (Å²) in [4.78, 5) is 0. The Morgan fingerprint density at radius 1 is 1.53 bits per heavy atom. The number of nitrogens with one attached hydrogen (secondary N) is 1. The summed E-state index contributed by atoms with van der Waals surface area (Å²) >= 11 is 8.29. The molecule has 0 aliphatic rings. The summed E-state index contributed by atoms with van der Waals surface area (Å²) in [5, 5.41) is 7.35. The Kier molecular flexibility index (Phi) is 3.44. The zero-order valence-corrected chi connectivity index (χ0v) is 11.5. The van der Waals surface area contributed by atoms with Crippen LogP contribution in [0, 0.1) is 0 Å². The number of nitrogens with zero attached hydrogens (tertiary/aromatic N) is 2. The predicted molar refractivity (Wildman–Crippen MR) is 76.8 cm³/mol. The lowest BCUT2D eigenvalue weighted by molar-refractivity contribution is 0.776. The van der Waals surface area contributed by atoms with Crippen LogP contribution < -0.4 is 11.1 Å². The third-order valence-corrected chi connectivity index (χ3v) is 2.98. The summed E-state index contributed by atoms with van der Waals surface area (Å²) in [5.74, 6) is 0. The summed E-state index contributed by atoms with van der Waals surface area (Å²) in [5.41, 5.74) is 8.36. The van der Waals surface area contributed by atoms with E-state index in [0.717, 1.165) is 21.4 Å². The smallest absolute Gasteiger partial charge is 0.168 e. The highest BCUT2D eigenvalue weighted by Crippen LogP contribution is 2.28. The fourth-order valence-electron chi connectivity index (χ4n) is 1.62. The first-order chi connectivity index (χ1) is 8.08. The van der Waals surface area contributed by atoms with Crippen LogP contribution in [0.4, 0.5) is 5.69 Å². The Morgan fingerprint density at radius 2 is 2.29 bits per heavy atom. The van der Waals surface area contributed by atoms with Crippen molar-refractivity contribution in [3.05, 3.63) is 34.9 Å². The number of anilines is 1. The molecule has 0 saturated heterocycles. The van der Waals surface area contributed by atoms with E-state index in [2.05, 4.69) is 26.3 Å². The lowest BCUT2D eigenvalue weighted by Gasteiger charge is -2.07. The number of rotatable bonds is 2. The van der Waals surface area contributed by atoms with Gasteiger partial charge < -0.3 is 11.1 Å². The molecule has 88 valence electrons. The molecule has 0 spiro atoms. The van der Waals surface area contributed by atoms with Crippen LogP contribution in [-0.4, -0.2) is 14.9 Å². The van der Waals surface area contributed by atoms with Crippen molar-refractivity contribution in [2.45, 2.75) is 0 Å². The maximum absolute atomic E-state index is 5.45. The summed E-state index contributed by atoms with van der Waals surface area (Å²) in [7, 11) is 1.90. The molecule has 1 heterocycles. The molecule has 0 unspecified atom stereocenters. The lowest BCUT2D eigenvalue weighted by atomic mass is 10.1. The van der Waals surface area contributed by atoms with Crippen LogP contribution in [-0.2, 0) is 7.05 Å². The SMILES string of the molecule is Cn1ncc(Br)c1-c1cccc(NC(N)=S)c1. The number of halogens is 1. The van der Waals surface area contributed by atoms with Crippen molar-refractivity contribution in [3.8, 4) is 11.3 Å². The van der Waals surface area contributed by atoms with Crippen molar-refractivity contribution in [3.63, 3.8) is 0 Å². The minimum atomic E-state index is 0.256. The molecule has 17 heavy (non-hydrogen) atoms. The first kappa shape index (κ1) is 12.1. The number of aryl methyl sites for hydroxylation is 1. The molecule has 0 fully saturated rings. The third-order valence-electron chi connectivity index (χ3n) is 2.30. The van der Waals surface area contributed by atoms with E-state index < -0.39 is 0 Å². The maximum atomic E-state index is 5.45. The van der Waals surface area contributed by atoms with E-state index in [4.69, 9.17) is 18.0 Å². The highest BCUT2D eigenvalue weighted by atomic mass is 79.9. The van der Waals surface area contributed by atoms with Crippen LogP contribution >= 0.6 is 28.1 Å². The van der Waals surface area contributed by atoms with Crippen molar-refractivity contribution in [1.29, 1.82) is 0 Å². The normalized spacial score (nSPS) is 10.2. The monoisotopic (exact) mass is 310 g/mol. The summed E-state index contributed by atoms with van der Waals surface area (Å²) in [6, 6.07) is 7.83. The van der Waals surface area contributed by atoms with Crippen molar-refractivity contribution >= 4 is 38.9 Å². The van der Waals surface area contributed by atoms with Gasteiger partial charge in [0.05, 0.1) is 16.4 Å². The second kappa shape index (κ2) is 4.85. The van der Waals surface area contributed by atoms with E-state index in [0.29, 0.717) is 0 Å². The second-order valence-electron chi connectivity index (χ2n) is 3.53. The van der Waals surface area contributed by atoms with Gasteiger partial charge in [-0.25, -0.2) is 0 Å². The average Bonchev–Trinajstić information content (AvgIpc) is 2.58. The molecule has 0 radical (unpaired) electrons. The molecule has 1 aromatic carbocycles. The van der Waals surface area contributed by atoms with Gasteiger partial charge in [-0.05, 0) is 40.3 Å². The Bertz CT molecular complexity index is 545. The van der Waals surface area contributed by atoms with Gasteiger partial charge in [0.1, 0.15) is 0 Å². The minimum absolute atomic E-state index is 0.256. The Labute approximate surface area is 113 Å². The molecule has 2 rings (SSSR count). The molecule has 2 aromatic rings. The number of thiocarbonyl (C=S) groups is 1. The number of benzene rings is 1. The van der Waals surface area contributed by atoms with E-state index in [1.165, 1.54) is 0 Å². The van der Waals surface area contributed by atoms with Crippen LogP contribution in [0.1, 0.15) is 0 Å². The van der Waals surface area contributed by atoms with Crippen LogP contribution in [0.3, 0.4) is 0 Å². The third kappa shape index (κ3) is 2.65. The summed E-state index contributed by atoms with van der Waals surface area (Å²) < 4.78 is 2.76. The van der Waals surface area contributed by atoms with Crippen LogP contribution in [0.25, 0.3) is 11.3 Å². The van der Waals surface area contributed by atoms with Gasteiger partial charge in [-0.1, -0.05) is 12.1 Å². The molecule has 0 saturated carbocycles. The Balaban J connectivity index is 2.43. The van der Waals surface area contributed by atoms with Gasteiger partial charge in [0, 0.05) is 18.3 Å². The van der Waals surface area contributed by atoms with Gasteiger partial charge in [0.15, 0.2) is 5.11 Å². The molecule has 0 atom stereocenters. The Hall–Kier alpha value is -1.40. The average molecular weight is 311 g/mol. The van der Waals surface area contributed by atoms with E-state index >= 15 is 0 Å². The van der Waals surface area contributed by atoms with Crippen molar-refractivity contribution in [2.24, 2.45) is 12.8 Å². The number of nitrogens with two attached hydrogens (primary N) is 1. The molecular weight excluding hydrogens is 300 g/mol. The second-order valence-corrected chi connectivity index (χ2v) is 4.83. The number of hydrogen-bond acceptors (Lipinski definition) is 2. The van der Waals surface area contributed by atoms with Gasteiger partial charge in [0.2, 0.25) is 0 Å².